The second-order valence-electron chi connectivity index (χ2n) is 10.7. The first-order chi connectivity index (χ1) is 23.8. The van der Waals surface area contributed by atoms with Gasteiger partial charge in [-0.3, -0.25) is 14.5 Å². The molecule has 1 aliphatic heterocycles. The zero-order valence-electron chi connectivity index (χ0n) is 26.7. The van der Waals surface area contributed by atoms with Crippen molar-refractivity contribution in [1.29, 1.82) is 0 Å². The Morgan fingerprint density at radius 3 is 2.20 bits per heavy atom. The highest BCUT2D eigenvalue weighted by Crippen LogP contribution is 2.39. The fraction of sp³-hybridized carbons (Fsp3) is 0.108. The average molecular weight is 675 g/mol. The number of carbonyl (C=O) groups excluding carboxylic acids is 2. The number of para-hydroxylation sites is 2. The van der Waals surface area contributed by atoms with E-state index in [-0.39, 0.29) is 28.8 Å². The van der Waals surface area contributed by atoms with Crippen LogP contribution in [0.4, 0.5) is 11.4 Å². The average Bonchev–Trinajstić information content (AvgIpc) is 3.44. The summed E-state index contributed by atoms with van der Waals surface area (Å²) < 4.78 is 16.3. The molecule has 0 saturated heterocycles. The highest BCUT2D eigenvalue weighted by molar-refractivity contribution is 8.14. The second kappa shape index (κ2) is 14.3. The SMILES string of the molecule is COc1cc(/C=C2/N=C(SCC(=O)Nc3ccc(-c4cc(C(=O)O)c5ccccc5n4)cc3)N(c3ccccc3)C2=O)cc(OC)c1OC. The summed E-state index contributed by atoms with van der Waals surface area (Å²) in [4.78, 5) is 49.3. The van der Waals surface area contributed by atoms with E-state index >= 15 is 0 Å². The lowest BCUT2D eigenvalue weighted by Gasteiger charge is -2.17. The molecule has 2 N–H and O–H groups in total. The van der Waals surface area contributed by atoms with Crippen molar-refractivity contribution in [2.75, 3.05) is 37.3 Å². The number of carboxylic acids is 1. The normalized spacial score (nSPS) is 13.4. The van der Waals surface area contributed by atoms with Crippen LogP contribution in [0.1, 0.15) is 15.9 Å². The molecule has 0 bridgehead atoms. The lowest BCUT2D eigenvalue weighted by Crippen LogP contribution is -2.31. The van der Waals surface area contributed by atoms with E-state index < -0.39 is 5.97 Å². The molecule has 1 aromatic heterocycles. The fourth-order valence-electron chi connectivity index (χ4n) is 5.29. The molecule has 12 heteroatoms. The predicted octanol–water partition coefficient (Wildman–Crippen LogP) is 6.74. The number of amidine groups is 1. The summed E-state index contributed by atoms with van der Waals surface area (Å²) in [6, 6.07) is 28.1. The zero-order valence-corrected chi connectivity index (χ0v) is 27.5. The van der Waals surface area contributed by atoms with Crippen LogP contribution in [-0.2, 0) is 9.59 Å². The zero-order chi connectivity index (χ0) is 34.5. The number of carbonyl (C=O) groups is 3. The number of methoxy groups -OCH3 is 3. The Bertz CT molecular complexity index is 2110. The minimum absolute atomic E-state index is 0.0249. The minimum atomic E-state index is -1.04. The van der Waals surface area contributed by atoms with E-state index in [2.05, 4.69) is 15.3 Å². The molecule has 2 amide bonds. The number of benzene rings is 4. The summed E-state index contributed by atoms with van der Waals surface area (Å²) in [5.74, 6) is -0.435. The van der Waals surface area contributed by atoms with Gasteiger partial charge in [0.05, 0.1) is 49.5 Å². The number of rotatable bonds is 10. The third-order valence-corrected chi connectivity index (χ3v) is 8.52. The number of amides is 2. The molecular formula is C37H30N4O7S. The molecule has 6 rings (SSSR count). The molecule has 0 aliphatic carbocycles. The largest absolute Gasteiger partial charge is 0.493 e. The molecule has 5 aromatic rings. The Balaban J connectivity index is 1.20. The highest BCUT2D eigenvalue weighted by atomic mass is 32.2. The van der Waals surface area contributed by atoms with E-state index in [1.165, 1.54) is 26.2 Å². The van der Waals surface area contributed by atoms with Crippen molar-refractivity contribution in [1.82, 2.24) is 4.98 Å². The van der Waals surface area contributed by atoms with Gasteiger partial charge in [-0.2, -0.15) is 0 Å². The molecule has 11 nitrogen and oxygen atoms in total. The topological polar surface area (TPSA) is 140 Å². The summed E-state index contributed by atoms with van der Waals surface area (Å²) in [6.45, 7) is 0. The number of nitrogens with zero attached hydrogens (tertiary/aromatic N) is 3. The highest BCUT2D eigenvalue weighted by Gasteiger charge is 2.32. The van der Waals surface area contributed by atoms with Crippen molar-refractivity contribution >= 4 is 63.1 Å². The number of ether oxygens (including phenoxy) is 3. The van der Waals surface area contributed by atoms with Crippen LogP contribution in [-0.4, -0.2) is 60.1 Å². The van der Waals surface area contributed by atoms with Crippen molar-refractivity contribution in [3.63, 3.8) is 0 Å². The van der Waals surface area contributed by atoms with Crippen LogP contribution in [0.25, 0.3) is 28.2 Å². The van der Waals surface area contributed by atoms with Gasteiger partial charge in [-0.25, -0.2) is 14.8 Å². The first kappa shape index (κ1) is 32.8. The predicted molar refractivity (Wildman–Crippen MR) is 191 cm³/mol. The van der Waals surface area contributed by atoms with Crippen LogP contribution in [0, 0.1) is 0 Å². The molecule has 0 unspecified atom stereocenters. The van der Waals surface area contributed by atoms with Crippen LogP contribution in [0.2, 0.25) is 0 Å². The van der Waals surface area contributed by atoms with Gasteiger partial charge in [0.15, 0.2) is 16.7 Å². The molecule has 2 heterocycles. The molecule has 0 atom stereocenters. The molecule has 0 saturated carbocycles. The van der Waals surface area contributed by atoms with Crippen molar-refractivity contribution in [3.8, 4) is 28.5 Å². The van der Waals surface area contributed by atoms with E-state index in [0.717, 1.165) is 11.8 Å². The van der Waals surface area contributed by atoms with E-state index in [0.29, 0.717) is 61.5 Å². The molecule has 0 fully saturated rings. The number of pyridine rings is 1. The van der Waals surface area contributed by atoms with Crippen LogP contribution < -0.4 is 24.4 Å². The number of aromatic nitrogens is 1. The van der Waals surface area contributed by atoms with E-state index in [1.807, 2.05) is 18.2 Å². The molecule has 246 valence electrons. The first-order valence-corrected chi connectivity index (χ1v) is 15.9. The third kappa shape index (κ3) is 6.94. The smallest absolute Gasteiger partial charge is 0.336 e. The van der Waals surface area contributed by atoms with Gasteiger partial charge in [0.25, 0.3) is 5.91 Å². The number of aliphatic imine (C=N–C) groups is 1. The second-order valence-corrected chi connectivity index (χ2v) is 11.6. The Morgan fingerprint density at radius 1 is 0.878 bits per heavy atom. The van der Waals surface area contributed by atoms with Crippen LogP contribution >= 0.6 is 11.8 Å². The van der Waals surface area contributed by atoms with Crippen LogP contribution in [0.15, 0.2) is 108 Å². The van der Waals surface area contributed by atoms with Crippen molar-refractivity contribution in [2.24, 2.45) is 4.99 Å². The maximum atomic E-state index is 13.7. The third-order valence-electron chi connectivity index (χ3n) is 7.58. The van der Waals surface area contributed by atoms with Gasteiger partial charge in [0, 0.05) is 16.6 Å². The maximum Gasteiger partial charge on any atom is 0.336 e. The molecular weight excluding hydrogens is 644 g/mol. The summed E-state index contributed by atoms with van der Waals surface area (Å²) in [7, 11) is 4.53. The van der Waals surface area contributed by atoms with Crippen molar-refractivity contribution in [2.45, 2.75) is 0 Å². The van der Waals surface area contributed by atoms with E-state index in [1.54, 1.807) is 84.9 Å². The summed E-state index contributed by atoms with van der Waals surface area (Å²) in [5.41, 5.74) is 3.87. The van der Waals surface area contributed by atoms with Gasteiger partial charge in [-0.1, -0.05) is 60.3 Å². The Hall–Kier alpha value is -6.14. The van der Waals surface area contributed by atoms with Gasteiger partial charge < -0.3 is 24.6 Å². The number of nitrogens with one attached hydrogen (secondary N) is 1. The Kier molecular flexibility index (Phi) is 9.58. The van der Waals surface area contributed by atoms with E-state index in [4.69, 9.17) is 14.2 Å². The fourth-order valence-corrected chi connectivity index (χ4v) is 6.10. The lowest BCUT2D eigenvalue weighted by molar-refractivity contribution is -0.114. The molecule has 4 aromatic carbocycles. The number of thioether (sulfide) groups is 1. The van der Waals surface area contributed by atoms with Crippen molar-refractivity contribution < 1.29 is 33.7 Å². The quantitative estimate of drug-likeness (QED) is 0.154. The monoisotopic (exact) mass is 674 g/mol. The Labute approximate surface area is 285 Å². The number of carboxylic acid groups (broad SMARTS) is 1. The van der Waals surface area contributed by atoms with Gasteiger partial charge >= 0.3 is 5.97 Å². The number of anilines is 2. The summed E-state index contributed by atoms with van der Waals surface area (Å²) >= 11 is 1.13. The summed E-state index contributed by atoms with van der Waals surface area (Å²) in [6.07, 6.45) is 1.63. The number of aromatic carboxylic acids is 1. The van der Waals surface area contributed by atoms with E-state index in [9.17, 15) is 19.5 Å². The summed E-state index contributed by atoms with van der Waals surface area (Å²) in [5, 5.41) is 13.5. The molecule has 1 aliphatic rings. The van der Waals surface area contributed by atoms with Crippen LogP contribution in [0.5, 0.6) is 17.2 Å². The van der Waals surface area contributed by atoms with Crippen LogP contribution in [0.3, 0.4) is 0 Å². The molecule has 0 spiro atoms. The molecule has 0 radical (unpaired) electrons. The number of hydrogen-bond donors (Lipinski definition) is 2. The van der Waals surface area contributed by atoms with Gasteiger partial charge in [0.2, 0.25) is 11.7 Å². The van der Waals surface area contributed by atoms with Crippen molar-refractivity contribution in [3.05, 3.63) is 114 Å². The standard InChI is InChI=1S/C37H30N4O7S/c1-46-31-18-22(19-32(47-2)34(31)48-3)17-30-35(43)41(25-9-5-4-6-10-25)37(40-30)49-21-33(42)38-24-15-13-23(14-16-24)29-20-27(36(44)45)26-11-7-8-12-28(26)39-29/h4-20H,21H2,1-3H3,(H,38,42)(H,44,45)/b30-17+. The minimum Gasteiger partial charge on any atom is -0.493 e. The number of fused-ring (bicyclic) bond motifs is 1. The Morgan fingerprint density at radius 2 is 1.55 bits per heavy atom. The lowest BCUT2D eigenvalue weighted by atomic mass is 10.0. The van der Waals surface area contributed by atoms with Gasteiger partial charge in [-0.15, -0.1) is 0 Å². The molecule has 49 heavy (non-hydrogen) atoms. The first-order valence-electron chi connectivity index (χ1n) is 15.0. The van der Waals surface area contributed by atoms with Gasteiger partial charge in [0.1, 0.15) is 5.70 Å². The number of hydrogen-bond acceptors (Lipinski definition) is 9. The van der Waals surface area contributed by atoms with Gasteiger partial charge in [-0.05, 0) is 60.2 Å². The maximum absolute atomic E-state index is 13.7.